The Morgan fingerprint density at radius 1 is 1.07 bits per heavy atom. The first kappa shape index (κ1) is 19.6. The largest absolute Gasteiger partial charge is 0.490 e. The number of fused-ring (bicyclic) bond motifs is 1. The van der Waals surface area contributed by atoms with E-state index in [0.717, 1.165) is 12.3 Å². The Bertz CT molecular complexity index is 1000. The summed E-state index contributed by atoms with van der Waals surface area (Å²) in [5, 5.41) is 2.42. The highest BCUT2D eigenvalue weighted by atomic mass is 19.3. The summed E-state index contributed by atoms with van der Waals surface area (Å²) in [5.41, 5.74) is -0.730. The second-order valence-electron chi connectivity index (χ2n) is 6.15. The average Bonchev–Trinajstić information content (AvgIpc) is 3.04. The highest BCUT2D eigenvalue weighted by Gasteiger charge is 2.20. The smallest absolute Gasteiger partial charge is 0.281 e. The fourth-order valence-electron chi connectivity index (χ4n) is 2.49. The van der Waals surface area contributed by atoms with Crippen molar-refractivity contribution in [2.75, 3.05) is 5.32 Å². The first-order valence-electron chi connectivity index (χ1n) is 8.28. The molecule has 0 atom stereocenters. The van der Waals surface area contributed by atoms with Gasteiger partial charge >= 0.3 is 0 Å². The topological polar surface area (TPSA) is 68.5 Å². The molecule has 0 saturated heterocycles. The van der Waals surface area contributed by atoms with Gasteiger partial charge in [0.2, 0.25) is 0 Å². The number of pyridine rings is 2. The van der Waals surface area contributed by atoms with Gasteiger partial charge in [-0.05, 0) is 26.0 Å². The molecular weight excluding hydrogens is 380 g/mol. The van der Waals surface area contributed by atoms with E-state index in [4.69, 9.17) is 4.74 Å². The van der Waals surface area contributed by atoms with E-state index in [-0.39, 0.29) is 28.9 Å². The molecule has 0 unspecified atom stereocenters. The van der Waals surface area contributed by atoms with Crippen molar-refractivity contribution in [2.45, 2.75) is 32.8 Å². The summed E-state index contributed by atoms with van der Waals surface area (Å²) >= 11 is 0. The molecule has 0 aliphatic heterocycles. The van der Waals surface area contributed by atoms with Crippen LogP contribution in [0.3, 0.4) is 0 Å². The van der Waals surface area contributed by atoms with Gasteiger partial charge in [-0.15, -0.1) is 0 Å². The maximum atomic E-state index is 12.9. The summed E-state index contributed by atoms with van der Waals surface area (Å²) in [4.78, 5) is 20.2. The molecule has 0 saturated carbocycles. The molecule has 0 aliphatic carbocycles. The van der Waals surface area contributed by atoms with Gasteiger partial charge in [-0.2, -0.15) is 0 Å². The number of aromatic nitrogens is 3. The SMILES string of the molecule is CC(C)Oc1cc2nc(C(F)F)cn2cc1C(=O)Nc1cccc(C(F)F)n1. The average molecular weight is 396 g/mol. The van der Waals surface area contributed by atoms with Crippen molar-refractivity contribution in [1.82, 2.24) is 14.4 Å². The Balaban J connectivity index is 1.99. The van der Waals surface area contributed by atoms with Crippen LogP contribution in [0.1, 0.15) is 48.4 Å². The Morgan fingerprint density at radius 2 is 1.79 bits per heavy atom. The van der Waals surface area contributed by atoms with E-state index in [1.807, 2.05) is 0 Å². The number of halogens is 4. The van der Waals surface area contributed by atoms with Crippen LogP contribution in [0.4, 0.5) is 23.4 Å². The first-order chi connectivity index (χ1) is 13.2. The number of carbonyl (C=O) groups is 1. The number of carbonyl (C=O) groups excluding carboxylic acids is 1. The van der Waals surface area contributed by atoms with Gasteiger partial charge in [0.1, 0.15) is 28.6 Å². The normalized spacial score (nSPS) is 11.6. The van der Waals surface area contributed by atoms with Crippen molar-refractivity contribution in [1.29, 1.82) is 0 Å². The number of imidazole rings is 1. The Labute approximate surface area is 157 Å². The molecule has 10 heteroatoms. The molecule has 3 heterocycles. The monoisotopic (exact) mass is 396 g/mol. The van der Waals surface area contributed by atoms with Gasteiger partial charge in [0, 0.05) is 18.5 Å². The molecule has 3 aromatic heterocycles. The van der Waals surface area contributed by atoms with Crippen LogP contribution >= 0.6 is 0 Å². The van der Waals surface area contributed by atoms with Gasteiger partial charge < -0.3 is 14.5 Å². The molecule has 0 aromatic carbocycles. The molecule has 0 fully saturated rings. The van der Waals surface area contributed by atoms with Crippen molar-refractivity contribution < 1.29 is 27.1 Å². The lowest BCUT2D eigenvalue weighted by Crippen LogP contribution is -2.17. The van der Waals surface area contributed by atoms with Crippen molar-refractivity contribution in [3.8, 4) is 5.75 Å². The zero-order valence-corrected chi connectivity index (χ0v) is 14.9. The lowest BCUT2D eigenvalue weighted by molar-refractivity contribution is 0.101. The van der Waals surface area contributed by atoms with E-state index in [1.165, 1.54) is 28.8 Å². The molecule has 28 heavy (non-hydrogen) atoms. The summed E-state index contributed by atoms with van der Waals surface area (Å²) in [6.07, 6.45) is -3.47. The summed E-state index contributed by atoms with van der Waals surface area (Å²) in [6.45, 7) is 3.46. The number of nitrogens with one attached hydrogen (secondary N) is 1. The van der Waals surface area contributed by atoms with Crippen LogP contribution < -0.4 is 10.1 Å². The van der Waals surface area contributed by atoms with Gasteiger partial charge in [0.25, 0.3) is 18.8 Å². The van der Waals surface area contributed by atoms with E-state index >= 15 is 0 Å². The zero-order chi connectivity index (χ0) is 20.4. The van der Waals surface area contributed by atoms with E-state index < -0.39 is 30.1 Å². The van der Waals surface area contributed by atoms with Gasteiger partial charge in [-0.25, -0.2) is 27.5 Å². The lowest BCUT2D eigenvalue weighted by Gasteiger charge is -2.14. The second-order valence-corrected chi connectivity index (χ2v) is 6.15. The number of hydrogen-bond acceptors (Lipinski definition) is 4. The van der Waals surface area contributed by atoms with Crippen molar-refractivity contribution in [3.63, 3.8) is 0 Å². The molecule has 1 N–H and O–H groups in total. The summed E-state index contributed by atoms with van der Waals surface area (Å²) in [6, 6.07) is 5.20. The summed E-state index contributed by atoms with van der Waals surface area (Å²) < 4.78 is 58.3. The molecule has 0 spiro atoms. The first-order valence-corrected chi connectivity index (χ1v) is 8.28. The highest BCUT2D eigenvalue weighted by Crippen LogP contribution is 2.26. The van der Waals surface area contributed by atoms with Crippen LogP contribution in [-0.2, 0) is 0 Å². The van der Waals surface area contributed by atoms with Gasteiger partial charge in [-0.1, -0.05) is 6.07 Å². The number of rotatable bonds is 6. The number of anilines is 1. The van der Waals surface area contributed by atoms with Gasteiger partial charge in [-0.3, -0.25) is 4.79 Å². The predicted octanol–water partition coefficient (Wildman–Crippen LogP) is 4.64. The predicted molar refractivity (Wildman–Crippen MR) is 93.1 cm³/mol. The fourth-order valence-corrected chi connectivity index (χ4v) is 2.49. The van der Waals surface area contributed by atoms with Gasteiger partial charge in [0.15, 0.2) is 0 Å². The Morgan fingerprint density at radius 3 is 2.43 bits per heavy atom. The van der Waals surface area contributed by atoms with Crippen LogP contribution in [-0.4, -0.2) is 26.4 Å². The minimum atomic E-state index is -2.79. The maximum Gasteiger partial charge on any atom is 0.281 e. The minimum Gasteiger partial charge on any atom is -0.490 e. The molecule has 0 bridgehead atoms. The molecule has 0 radical (unpaired) electrons. The fraction of sp³-hybridized carbons (Fsp3) is 0.278. The Kier molecular flexibility index (Phi) is 5.48. The van der Waals surface area contributed by atoms with E-state index in [2.05, 4.69) is 15.3 Å². The van der Waals surface area contributed by atoms with Crippen LogP contribution in [0.5, 0.6) is 5.75 Å². The third kappa shape index (κ3) is 4.21. The molecule has 3 aromatic rings. The zero-order valence-electron chi connectivity index (χ0n) is 14.9. The number of ether oxygens (including phenoxy) is 1. The van der Waals surface area contributed by atoms with Crippen molar-refractivity contribution >= 4 is 17.4 Å². The highest BCUT2D eigenvalue weighted by molar-refractivity contribution is 6.05. The van der Waals surface area contributed by atoms with Crippen LogP contribution in [0.25, 0.3) is 5.65 Å². The van der Waals surface area contributed by atoms with Crippen molar-refractivity contribution in [3.05, 3.63) is 53.6 Å². The van der Waals surface area contributed by atoms with Crippen LogP contribution in [0.15, 0.2) is 36.7 Å². The quantitative estimate of drug-likeness (QED) is 0.616. The summed E-state index contributed by atoms with van der Waals surface area (Å²) in [7, 11) is 0. The molecule has 0 aliphatic rings. The van der Waals surface area contributed by atoms with E-state index in [1.54, 1.807) is 13.8 Å². The number of alkyl halides is 4. The molecule has 6 nitrogen and oxygen atoms in total. The molecular formula is C18H16F4N4O2. The molecule has 148 valence electrons. The van der Waals surface area contributed by atoms with E-state index in [9.17, 15) is 22.4 Å². The lowest BCUT2D eigenvalue weighted by atomic mass is 10.2. The number of hydrogen-bond donors (Lipinski definition) is 1. The molecule has 1 amide bonds. The van der Waals surface area contributed by atoms with Crippen LogP contribution in [0.2, 0.25) is 0 Å². The number of nitrogens with zero attached hydrogens (tertiary/aromatic N) is 3. The van der Waals surface area contributed by atoms with E-state index in [0.29, 0.717) is 0 Å². The second kappa shape index (κ2) is 7.83. The third-order valence-corrected chi connectivity index (χ3v) is 3.64. The number of amides is 1. The minimum absolute atomic E-state index is 0.0173. The van der Waals surface area contributed by atoms with Gasteiger partial charge in [0.05, 0.1) is 11.7 Å². The maximum absolute atomic E-state index is 12.9. The third-order valence-electron chi connectivity index (χ3n) is 3.64. The Hall–Kier alpha value is -3.17. The standard InChI is InChI=1S/C18H16F4N4O2/c1-9(2)28-13-6-15-24-12(17(21)22)8-26(15)7-10(13)18(27)25-14-5-3-4-11(23-14)16(19)20/h3-9,16-17H,1-2H3,(H,23,25,27). The summed E-state index contributed by atoms with van der Waals surface area (Å²) in [5.74, 6) is -0.641. The van der Waals surface area contributed by atoms with Crippen LogP contribution in [0, 0.1) is 0 Å². The molecule has 3 rings (SSSR count). The van der Waals surface area contributed by atoms with Crippen molar-refractivity contribution in [2.24, 2.45) is 0 Å².